The van der Waals surface area contributed by atoms with Crippen LogP contribution in [0.2, 0.25) is 0 Å². The Morgan fingerprint density at radius 2 is 2.14 bits per heavy atom. The van der Waals surface area contributed by atoms with Gasteiger partial charge >= 0.3 is 0 Å². The van der Waals surface area contributed by atoms with Crippen LogP contribution in [0.3, 0.4) is 0 Å². The van der Waals surface area contributed by atoms with Gasteiger partial charge in [0.2, 0.25) is 0 Å². The van der Waals surface area contributed by atoms with Crippen molar-refractivity contribution in [3.8, 4) is 0 Å². The van der Waals surface area contributed by atoms with Crippen molar-refractivity contribution >= 4 is 10.1 Å². The summed E-state index contributed by atoms with van der Waals surface area (Å²) >= 11 is 0. The Kier molecular flexibility index (Phi) is 2.01. The van der Waals surface area contributed by atoms with Gasteiger partial charge in [0.05, 0.1) is 12.2 Å². The quantitative estimate of drug-likeness (QED) is 0.707. The van der Waals surface area contributed by atoms with E-state index in [1.807, 2.05) is 13.8 Å². The van der Waals surface area contributed by atoms with Crippen LogP contribution in [0.5, 0.6) is 0 Å². The van der Waals surface area contributed by atoms with E-state index in [-0.39, 0.29) is 11.2 Å². The monoisotopic (exact) mass is 220 g/mol. The SMILES string of the molecule is CC1(C)C2CC[C@@]1(CS(=O)(=O)O)OC2. The molecule has 14 heavy (non-hydrogen) atoms. The molecule has 2 atom stereocenters. The van der Waals surface area contributed by atoms with Crippen molar-refractivity contribution in [2.24, 2.45) is 11.3 Å². The third-order valence-electron chi connectivity index (χ3n) is 4.07. The zero-order valence-corrected chi connectivity index (χ0v) is 9.30. The van der Waals surface area contributed by atoms with Crippen LogP contribution in [-0.4, -0.2) is 30.9 Å². The molecule has 82 valence electrons. The lowest BCUT2D eigenvalue weighted by molar-refractivity contribution is -0.0338. The van der Waals surface area contributed by atoms with Gasteiger partial charge in [0.15, 0.2) is 0 Å². The van der Waals surface area contributed by atoms with Gasteiger partial charge in [-0.1, -0.05) is 13.8 Å². The molecule has 2 aliphatic rings. The standard InChI is InChI=1S/C9H16O4S/c1-8(2)7-3-4-9(8,13-5-7)6-14(10,11)12/h7H,3-6H2,1-2H3,(H,10,11,12)/t7?,9-/m0/s1. The second-order valence-corrected chi connectivity index (χ2v) is 6.44. The molecule has 5 heteroatoms. The van der Waals surface area contributed by atoms with Gasteiger partial charge in [0.25, 0.3) is 10.1 Å². The zero-order valence-electron chi connectivity index (χ0n) is 8.49. The van der Waals surface area contributed by atoms with Crippen molar-refractivity contribution in [1.82, 2.24) is 0 Å². The highest BCUT2D eigenvalue weighted by atomic mass is 32.2. The molecule has 0 aromatic heterocycles. The van der Waals surface area contributed by atoms with Gasteiger partial charge in [-0.25, -0.2) is 0 Å². The molecule has 1 saturated carbocycles. The first-order valence-electron chi connectivity index (χ1n) is 4.86. The summed E-state index contributed by atoms with van der Waals surface area (Å²) < 4.78 is 36.4. The Hall–Kier alpha value is -0.130. The highest BCUT2D eigenvalue weighted by Crippen LogP contribution is 2.57. The molecule has 1 aliphatic heterocycles. The lowest BCUT2D eigenvalue weighted by Crippen LogP contribution is -2.45. The summed E-state index contributed by atoms with van der Waals surface area (Å²) in [6, 6.07) is 0. The highest BCUT2D eigenvalue weighted by Gasteiger charge is 2.61. The fourth-order valence-corrected chi connectivity index (χ4v) is 4.06. The second kappa shape index (κ2) is 2.71. The number of rotatable bonds is 2. The summed E-state index contributed by atoms with van der Waals surface area (Å²) in [5, 5.41) is 0. The van der Waals surface area contributed by atoms with E-state index in [2.05, 4.69) is 0 Å². The first-order valence-corrected chi connectivity index (χ1v) is 6.47. The normalized spacial score (nSPS) is 40.4. The van der Waals surface area contributed by atoms with Crippen LogP contribution in [0.15, 0.2) is 0 Å². The van der Waals surface area contributed by atoms with E-state index in [0.717, 1.165) is 12.8 Å². The molecule has 2 fully saturated rings. The molecule has 0 radical (unpaired) electrons. The fourth-order valence-electron chi connectivity index (χ4n) is 2.87. The van der Waals surface area contributed by atoms with Crippen LogP contribution in [0.1, 0.15) is 26.7 Å². The fraction of sp³-hybridized carbons (Fsp3) is 1.00. The smallest absolute Gasteiger partial charge is 0.267 e. The predicted molar refractivity (Wildman–Crippen MR) is 51.6 cm³/mol. The van der Waals surface area contributed by atoms with Crippen LogP contribution in [0, 0.1) is 11.3 Å². The van der Waals surface area contributed by atoms with Crippen molar-refractivity contribution in [3.05, 3.63) is 0 Å². The molecule has 1 heterocycles. The number of ether oxygens (including phenoxy) is 1. The Labute approximate surface area is 84.4 Å². The molecule has 1 saturated heterocycles. The van der Waals surface area contributed by atoms with Crippen molar-refractivity contribution < 1.29 is 17.7 Å². The van der Waals surface area contributed by atoms with Gasteiger partial charge in [0, 0.05) is 0 Å². The van der Waals surface area contributed by atoms with Gasteiger partial charge in [-0.15, -0.1) is 0 Å². The Morgan fingerprint density at radius 3 is 2.43 bits per heavy atom. The molecule has 1 aliphatic carbocycles. The lowest BCUT2D eigenvalue weighted by atomic mass is 9.76. The summed E-state index contributed by atoms with van der Waals surface area (Å²) in [5.74, 6) is 0.174. The zero-order chi connectivity index (χ0) is 10.6. The van der Waals surface area contributed by atoms with E-state index in [4.69, 9.17) is 9.29 Å². The maximum atomic E-state index is 10.9. The van der Waals surface area contributed by atoms with Crippen LogP contribution >= 0.6 is 0 Å². The van der Waals surface area contributed by atoms with Gasteiger partial charge in [-0.05, 0) is 24.2 Å². The van der Waals surface area contributed by atoms with E-state index in [1.54, 1.807) is 0 Å². The molecular weight excluding hydrogens is 204 g/mol. The second-order valence-electron chi connectivity index (χ2n) is 4.99. The van der Waals surface area contributed by atoms with Crippen LogP contribution in [0.4, 0.5) is 0 Å². The van der Waals surface area contributed by atoms with E-state index < -0.39 is 15.7 Å². The average Bonchev–Trinajstić information content (AvgIpc) is 2.34. The largest absolute Gasteiger partial charge is 0.373 e. The summed E-state index contributed by atoms with van der Waals surface area (Å²) in [6.45, 7) is 4.69. The Bertz CT molecular complexity index is 336. The van der Waals surface area contributed by atoms with Gasteiger partial charge in [0.1, 0.15) is 5.75 Å². The van der Waals surface area contributed by atoms with Gasteiger partial charge < -0.3 is 4.74 Å². The van der Waals surface area contributed by atoms with E-state index >= 15 is 0 Å². The average molecular weight is 220 g/mol. The molecule has 0 aromatic rings. The number of fused-ring (bicyclic) bond motifs is 2. The molecule has 0 spiro atoms. The van der Waals surface area contributed by atoms with Crippen LogP contribution < -0.4 is 0 Å². The first kappa shape index (κ1) is 10.4. The van der Waals surface area contributed by atoms with Crippen molar-refractivity contribution in [3.63, 3.8) is 0 Å². The van der Waals surface area contributed by atoms with Crippen molar-refractivity contribution in [2.75, 3.05) is 12.4 Å². The predicted octanol–water partition coefficient (Wildman–Crippen LogP) is 1.08. The lowest BCUT2D eigenvalue weighted by Gasteiger charge is -2.35. The summed E-state index contributed by atoms with van der Waals surface area (Å²) in [6.07, 6.45) is 1.74. The van der Waals surface area contributed by atoms with E-state index in [9.17, 15) is 8.42 Å². The summed E-state index contributed by atoms with van der Waals surface area (Å²) in [7, 11) is -3.95. The van der Waals surface area contributed by atoms with Crippen LogP contribution in [0.25, 0.3) is 0 Å². The van der Waals surface area contributed by atoms with Crippen molar-refractivity contribution in [2.45, 2.75) is 32.3 Å². The summed E-state index contributed by atoms with van der Waals surface area (Å²) in [5.41, 5.74) is -0.784. The first-order chi connectivity index (χ1) is 6.27. The maximum Gasteiger partial charge on any atom is 0.267 e. The Morgan fingerprint density at radius 1 is 1.50 bits per heavy atom. The topological polar surface area (TPSA) is 63.6 Å². The van der Waals surface area contributed by atoms with E-state index in [0.29, 0.717) is 12.5 Å². The van der Waals surface area contributed by atoms with Crippen molar-refractivity contribution in [1.29, 1.82) is 0 Å². The Balaban J connectivity index is 2.32. The summed E-state index contributed by atoms with van der Waals surface area (Å²) in [4.78, 5) is 0. The molecular formula is C9H16O4S. The highest BCUT2D eigenvalue weighted by molar-refractivity contribution is 7.85. The van der Waals surface area contributed by atoms with Gasteiger partial charge in [-0.3, -0.25) is 4.55 Å². The molecule has 0 aromatic carbocycles. The third kappa shape index (κ3) is 1.30. The molecule has 2 bridgehead atoms. The molecule has 2 rings (SSSR count). The third-order valence-corrected chi connectivity index (χ3v) is 4.90. The maximum absolute atomic E-state index is 10.9. The number of hydrogen-bond acceptors (Lipinski definition) is 3. The molecule has 4 nitrogen and oxygen atoms in total. The van der Waals surface area contributed by atoms with Gasteiger partial charge in [-0.2, -0.15) is 8.42 Å². The number of hydrogen-bond donors (Lipinski definition) is 1. The van der Waals surface area contributed by atoms with E-state index in [1.165, 1.54) is 0 Å². The molecule has 1 N–H and O–H groups in total. The minimum absolute atomic E-state index is 0.136. The molecule has 0 amide bonds. The molecule has 1 unspecified atom stereocenters. The minimum Gasteiger partial charge on any atom is -0.373 e. The minimum atomic E-state index is -3.95. The van der Waals surface area contributed by atoms with Crippen LogP contribution in [-0.2, 0) is 14.9 Å².